The number of anilines is 1. The van der Waals surface area contributed by atoms with Crippen LogP contribution >= 0.6 is 0 Å². The SMILES string of the molecule is COC(C)(C)CCn1ncc(NC2CCC2)cc1=O. The molecule has 106 valence electrons. The maximum atomic E-state index is 12.0. The van der Waals surface area contributed by atoms with Gasteiger partial charge in [-0.25, -0.2) is 4.68 Å². The van der Waals surface area contributed by atoms with E-state index >= 15 is 0 Å². The predicted octanol–water partition coefficient (Wildman–Crippen LogP) is 2.02. The molecule has 0 spiro atoms. The maximum absolute atomic E-state index is 12.0. The van der Waals surface area contributed by atoms with Gasteiger partial charge in [0.1, 0.15) is 0 Å². The van der Waals surface area contributed by atoms with E-state index in [0.717, 1.165) is 12.1 Å². The first kappa shape index (κ1) is 14.1. The lowest BCUT2D eigenvalue weighted by atomic mass is 9.93. The van der Waals surface area contributed by atoms with Gasteiger partial charge in [-0.05, 0) is 39.5 Å². The summed E-state index contributed by atoms with van der Waals surface area (Å²) in [5, 5.41) is 7.54. The van der Waals surface area contributed by atoms with Crippen LogP contribution in [0.25, 0.3) is 0 Å². The largest absolute Gasteiger partial charge is 0.381 e. The zero-order valence-electron chi connectivity index (χ0n) is 12.0. The van der Waals surface area contributed by atoms with E-state index in [9.17, 15) is 4.79 Å². The molecule has 2 rings (SSSR count). The summed E-state index contributed by atoms with van der Waals surface area (Å²) in [5.74, 6) is 0. The molecule has 1 aromatic heterocycles. The van der Waals surface area contributed by atoms with Crippen LogP contribution in [0, 0.1) is 0 Å². The maximum Gasteiger partial charge on any atom is 0.268 e. The molecule has 1 N–H and O–H groups in total. The Labute approximate surface area is 114 Å². The lowest BCUT2D eigenvalue weighted by Gasteiger charge is -2.27. The molecule has 0 saturated heterocycles. The van der Waals surface area contributed by atoms with Crippen molar-refractivity contribution in [3.8, 4) is 0 Å². The lowest BCUT2D eigenvalue weighted by Crippen LogP contribution is -2.31. The molecule has 0 aromatic carbocycles. The monoisotopic (exact) mass is 265 g/mol. The van der Waals surface area contributed by atoms with Gasteiger partial charge in [0.05, 0.1) is 17.5 Å². The Hall–Kier alpha value is -1.36. The number of hydrogen-bond donors (Lipinski definition) is 1. The minimum Gasteiger partial charge on any atom is -0.381 e. The summed E-state index contributed by atoms with van der Waals surface area (Å²) >= 11 is 0. The van der Waals surface area contributed by atoms with Crippen LogP contribution in [0.2, 0.25) is 0 Å². The molecule has 0 bridgehead atoms. The highest BCUT2D eigenvalue weighted by Crippen LogP contribution is 2.22. The summed E-state index contributed by atoms with van der Waals surface area (Å²) in [6.45, 7) is 4.58. The zero-order valence-corrected chi connectivity index (χ0v) is 12.0. The van der Waals surface area contributed by atoms with Gasteiger partial charge in [0.25, 0.3) is 5.56 Å². The summed E-state index contributed by atoms with van der Waals surface area (Å²) in [6, 6.07) is 2.15. The van der Waals surface area contributed by atoms with Gasteiger partial charge in [-0.3, -0.25) is 4.79 Å². The summed E-state index contributed by atoms with van der Waals surface area (Å²) in [5.41, 5.74) is 0.539. The van der Waals surface area contributed by atoms with E-state index in [4.69, 9.17) is 4.74 Å². The van der Waals surface area contributed by atoms with Crippen molar-refractivity contribution in [1.82, 2.24) is 9.78 Å². The van der Waals surface area contributed by atoms with E-state index in [1.165, 1.54) is 23.9 Å². The molecule has 19 heavy (non-hydrogen) atoms. The van der Waals surface area contributed by atoms with Crippen molar-refractivity contribution in [2.45, 2.75) is 57.7 Å². The molecule has 5 nitrogen and oxygen atoms in total. The lowest BCUT2D eigenvalue weighted by molar-refractivity contribution is 0.0110. The van der Waals surface area contributed by atoms with Crippen molar-refractivity contribution in [3.63, 3.8) is 0 Å². The molecular weight excluding hydrogens is 242 g/mol. The third-order valence-corrected chi connectivity index (χ3v) is 3.82. The quantitative estimate of drug-likeness (QED) is 0.855. The van der Waals surface area contributed by atoms with Crippen molar-refractivity contribution in [3.05, 3.63) is 22.6 Å². The Morgan fingerprint density at radius 3 is 2.79 bits per heavy atom. The molecule has 0 unspecified atom stereocenters. The number of hydrogen-bond acceptors (Lipinski definition) is 4. The fraction of sp³-hybridized carbons (Fsp3) is 0.714. The van der Waals surface area contributed by atoms with Gasteiger partial charge in [-0.1, -0.05) is 0 Å². The van der Waals surface area contributed by atoms with E-state index in [-0.39, 0.29) is 11.2 Å². The van der Waals surface area contributed by atoms with Gasteiger partial charge in [-0.2, -0.15) is 5.10 Å². The molecule has 0 atom stereocenters. The van der Waals surface area contributed by atoms with Crippen molar-refractivity contribution in [2.24, 2.45) is 0 Å². The Balaban J connectivity index is 1.96. The van der Waals surface area contributed by atoms with Crippen LogP contribution in [0.5, 0.6) is 0 Å². The van der Waals surface area contributed by atoms with E-state index in [1.54, 1.807) is 19.4 Å². The fourth-order valence-corrected chi connectivity index (χ4v) is 1.95. The molecule has 1 fully saturated rings. The second-order valence-corrected chi connectivity index (χ2v) is 5.79. The van der Waals surface area contributed by atoms with Crippen molar-refractivity contribution < 1.29 is 4.74 Å². The predicted molar refractivity (Wildman–Crippen MR) is 75.5 cm³/mol. The molecule has 0 aliphatic heterocycles. The third-order valence-electron chi connectivity index (χ3n) is 3.82. The number of rotatable bonds is 6. The van der Waals surface area contributed by atoms with Crippen LogP contribution in [0.4, 0.5) is 5.69 Å². The summed E-state index contributed by atoms with van der Waals surface area (Å²) in [4.78, 5) is 12.0. The number of aromatic nitrogens is 2. The average molecular weight is 265 g/mol. The van der Waals surface area contributed by atoms with Crippen molar-refractivity contribution >= 4 is 5.69 Å². The third kappa shape index (κ3) is 3.80. The standard InChI is InChI=1S/C14H23N3O2/c1-14(2,19-3)7-8-17-13(18)9-12(10-15-17)16-11-5-4-6-11/h9-11,16H,4-8H2,1-3H3. The number of aryl methyl sites for hydroxylation is 1. The van der Waals surface area contributed by atoms with Crippen LogP contribution in [-0.2, 0) is 11.3 Å². The van der Waals surface area contributed by atoms with Gasteiger partial charge in [0.2, 0.25) is 0 Å². The molecule has 1 heterocycles. The Morgan fingerprint density at radius 2 is 2.26 bits per heavy atom. The average Bonchev–Trinajstić information content (AvgIpc) is 2.33. The molecule has 1 aromatic rings. The van der Waals surface area contributed by atoms with Crippen LogP contribution in [0.1, 0.15) is 39.5 Å². The van der Waals surface area contributed by atoms with Gasteiger partial charge < -0.3 is 10.1 Å². The van der Waals surface area contributed by atoms with E-state index in [0.29, 0.717) is 12.6 Å². The number of nitrogens with zero attached hydrogens (tertiary/aromatic N) is 2. The minimum absolute atomic E-state index is 0.0590. The van der Waals surface area contributed by atoms with Crippen molar-refractivity contribution in [1.29, 1.82) is 0 Å². The Bertz CT molecular complexity index is 478. The number of ether oxygens (including phenoxy) is 1. The molecule has 1 aliphatic rings. The highest BCUT2D eigenvalue weighted by molar-refractivity contribution is 5.40. The van der Waals surface area contributed by atoms with Crippen LogP contribution in [0.15, 0.2) is 17.1 Å². The van der Waals surface area contributed by atoms with Crippen LogP contribution in [0.3, 0.4) is 0 Å². The Morgan fingerprint density at radius 1 is 1.53 bits per heavy atom. The molecular formula is C14H23N3O2. The zero-order chi connectivity index (χ0) is 13.9. The Kier molecular flexibility index (Phi) is 4.24. The van der Waals surface area contributed by atoms with Gasteiger partial charge in [0.15, 0.2) is 0 Å². The van der Waals surface area contributed by atoms with Gasteiger partial charge in [-0.15, -0.1) is 0 Å². The first-order valence-corrected chi connectivity index (χ1v) is 6.89. The molecule has 0 radical (unpaired) electrons. The number of methoxy groups -OCH3 is 1. The topological polar surface area (TPSA) is 56.1 Å². The normalized spacial score (nSPS) is 16.2. The van der Waals surface area contributed by atoms with Gasteiger partial charge in [0, 0.05) is 25.8 Å². The minimum atomic E-state index is -0.232. The summed E-state index contributed by atoms with van der Waals surface area (Å²) in [6.07, 6.45) is 6.13. The first-order valence-electron chi connectivity index (χ1n) is 6.89. The van der Waals surface area contributed by atoms with Crippen molar-refractivity contribution in [2.75, 3.05) is 12.4 Å². The highest BCUT2D eigenvalue weighted by atomic mass is 16.5. The molecule has 1 saturated carbocycles. The molecule has 0 amide bonds. The smallest absolute Gasteiger partial charge is 0.268 e. The number of nitrogens with one attached hydrogen (secondary N) is 1. The first-order chi connectivity index (χ1) is 9.00. The molecule has 5 heteroatoms. The fourth-order valence-electron chi connectivity index (χ4n) is 1.95. The summed E-state index contributed by atoms with van der Waals surface area (Å²) < 4.78 is 6.84. The van der Waals surface area contributed by atoms with E-state index in [1.807, 2.05) is 13.8 Å². The van der Waals surface area contributed by atoms with E-state index < -0.39 is 0 Å². The second-order valence-electron chi connectivity index (χ2n) is 5.79. The van der Waals surface area contributed by atoms with Gasteiger partial charge >= 0.3 is 0 Å². The second kappa shape index (κ2) is 5.74. The molecule has 1 aliphatic carbocycles. The van der Waals surface area contributed by atoms with E-state index in [2.05, 4.69) is 10.4 Å². The summed E-state index contributed by atoms with van der Waals surface area (Å²) in [7, 11) is 1.68. The van der Waals surface area contributed by atoms with Crippen LogP contribution in [-0.4, -0.2) is 28.5 Å². The highest BCUT2D eigenvalue weighted by Gasteiger charge is 2.18. The van der Waals surface area contributed by atoms with Crippen LogP contribution < -0.4 is 10.9 Å².